The van der Waals surface area contributed by atoms with E-state index in [1.54, 1.807) is 0 Å². The Morgan fingerprint density at radius 1 is 1.35 bits per heavy atom. The van der Waals surface area contributed by atoms with Gasteiger partial charge < -0.3 is 10.5 Å². The fraction of sp³-hybridized carbons (Fsp3) is 0.909. The van der Waals surface area contributed by atoms with Gasteiger partial charge in [-0.3, -0.25) is 10.3 Å². The molecule has 0 bridgehead atoms. The first-order valence-corrected chi connectivity index (χ1v) is 7.99. The first-order chi connectivity index (χ1) is 9.21. The van der Waals surface area contributed by atoms with Gasteiger partial charge in [-0.1, -0.05) is 0 Å². The van der Waals surface area contributed by atoms with Gasteiger partial charge >= 0.3 is 0 Å². The van der Waals surface area contributed by atoms with Crippen molar-refractivity contribution < 1.29 is 13.2 Å². The predicted molar refractivity (Wildman–Crippen MR) is 77.9 cm³/mol. The highest BCUT2D eigenvalue weighted by atomic mass is 32.2. The molecule has 0 amide bonds. The van der Waals surface area contributed by atoms with Crippen molar-refractivity contribution in [1.82, 2.24) is 13.9 Å². The molecule has 118 valence electrons. The SMILES string of the molecule is COCCNS(=O)(=O)N1CCN(C(C)(C)C(=N)N)CC1. The second-order valence-electron chi connectivity index (χ2n) is 5.25. The van der Waals surface area contributed by atoms with Crippen molar-refractivity contribution in [3.8, 4) is 0 Å². The molecule has 0 atom stereocenters. The van der Waals surface area contributed by atoms with E-state index < -0.39 is 15.7 Å². The molecule has 1 saturated heterocycles. The van der Waals surface area contributed by atoms with Gasteiger partial charge in [0.25, 0.3) is 10.2 Å². The summed E-state index contributed by atoms with van der Waals surface area (Å²) in [5.74, 6) is 0.0898. The molecule has 1 aliphatic rings. The monoisotopic (exact) mass is 307 g/mol. The van der Waals surface area contributed by atoms with Crippen LogP contribution < -0.4 is 10.5 Å². The number of nitrogens with zero attached hydrogens (tertiary/aromatic N) is 2. The number of nitrogens with two attached hydrogens (primary N) is 1. The molecular weight excluding hydrogens is 282 g/mol. The van der Waals surface area contributed by atoms with Gasteiger partial charge in [0.05, 0.1) is 12.1 Å². The van der Waals surface area contributed by atoms with Crippen molar-refractivity contribution in [1.29, 1.82) is 5.41 Å². The van der Waals surface area contributed by atoms with E-state index in [0.717, 1.165) is 0 Å². The van der Waals surface area contributed by atoms with Crippen LogP contribution in [-0.2, 0) is 14.9 Å². The first-order valence-electron chi connectivity index (χ1n) is 6.55. The minimum Gasteiger partial charge on any atom is -0.386 e. The largest absolute Gasteiger partial charge is 0.386 e. The first kappa shape index (κ1) is 17.3. The van der Waals surface area contributed by atoms with Crippen molar-refractivity contribution in [2.45, 2.75) is 19.4 Å². The Morgan fingerprint density at radius 3 is 2.35 bits per heavy atom. The van der Waals surface area contributed by atoms with Crippen LogP contribution in [0.15, 0.2) is 0 Å². The Morgan fingerprint density at radius 2 is 1.90 bits per heavy atom. The van der Waals surface area contributed by atoms with Gasteiger partial charge in [0.2, 0.25) is 0 Å². The van der Waals surface area contributed by atoms with E-state index >= 15 is 0 Å². The highest BCUT2D eigenvalue weighted by Crippen LogP contribution is 2.17. The zero-order valence-electron chi connectivity index (χ0n) is 12.3. The van der Waals surface area contributed by atoms with E-state index in [1.165, 1.54) is 11.4 Å². The van der Waals surface area contributed by atoms with Gasteiger partial charge in [-0.2, -0.15) is 17.4 Å². The summed E-state index contributed by atoms with van der Waals surface area (Å²) in [6, 6.07) is 0. The fourth-order valence-electron chi connectivity index (χ4n) is 2.02. The van der Waals surface area contributed by atoms with Crippen LogP contribution in [0.25, 0.3) is 0 Å². The van der Waals surface area contributed by atoms with Crippen molar-refractivity contribution in [3.05, 3.63) is 0 Å². The standard InChI is InChI=1S/C11H25N5O3S/c1-11(2,10(12)13)15-5-7-16(8-6-15)20(17,18)14-4-9-19-3/h14H,4-9H2,1-3H3,(H3,12,13). The highest BCUT2D eigenvalue weighted by molar-refractivity contribution is 7.87. The molecular formula is C11H25N5O3S. The van der Waals surface area contributed by atoms with Crippen LogP contribution >= 0.6 is 0 Å². The maximum atomic E-state index is 12.0. The summed E-state index contributed by atoms with van der Waals surface area (Å²) in [5.41, 5.74) is 5.04. The third-order valence-electron chi connectivity index (χ3n) is 3.62. The smallest absolute Gasteiger partial charge is 0.279 e. The van der Waals surface area contributed by atoms with Crippen LogP contribution in [-0.4, -0.2) is 75.4 Å². The number of rotatable bonds is 7. The van der Waals surface area contributed by atoms with Crippen LogP contribution in [0.5, 0.6) is 0 Å². The molecule has 1 aliphatic heterocycles. The van der Waals surface area contributed by atoms with E-state index in [-0.39, 0.29) is 12.4 Å². The van der Waals surface area contributed by atoms with Crippen LogP contribution in [0.2, 0.25) is 0 Å². The number of hydrogen-bond acceptors (Lipinski definition) is 5. The van der Waals surface area contributed by atoms with Gasteiger partial charge in [0.1, 0.15) is 5.84 Å². The van der Waals surface area contributed by atoms with Crippen molar-refractivity contribution >= 4 is 16.0 Å². The Balaban J connectivity index is 2.56. The van der Waals surface area contributed by atoms with Gasteiger partial charge in [-0.15, -0.1) is 0 Å². The lowest BCUT2D eigenvalue weighted by molar-refractivity contribution is 0.120. The topological polar surface area (TPSA) is 112 Å². The lowest BCUT2D eigenvalue weighted by atomic mass is 10.0. The maximum absolute atomic E-state index is 12.0. The summed E-state index contributed by atoms with van der Waals surface area (Å²) >= 11 is 0. The molecule has 4 N–H and O–H groups in total. The van der Waals surface area contributed by atoms with E-state index in [4.69, 9.17) is 15.9 Å². The van der Waals surface area contributed by atoms with Crippen molar-refractivity contribution in [2.24, 2.45) is 5.73 Å². The van der Waals surface area contributed by atoms with Gasteiger partial charge in [0.15, 0.2) is 0 Å². The zero-order chi connectivity index (χ0) is 15.4. The molecule has 20 heavy (non-hydrogen) atoms. The second-order valence-corrected chi connectivity index (χ2v) is 7.01. The summed E-state index contributed by atoms with van der Waals surface area (Å²) in [4.78, 5) is 2.02. The molecule has 0 aliphatic carbocycles. The summed E-state index contributed by atoms with van der Waals surface area (Å²) in [7, 11) is -1.93. The lowest BCUT2D eigenvalue weighted by Gasteiger charge is -2.42. The lowest BCUT2D eigenvalue weighted by Crippen LogP contribution is -2.61. The quantitative estimate of drug-likeness (QED) is 0.311. The minimum absolute atomic E-state index is 0.0898. The van der Waals surface area contributed by atoms with Gasteiger partial charge in [-0.25, -0.2) is 0 Å². The van der Waals surface area contributed by atoms with Crippen LogP contribution in [0.1, 0.15) is 13.8 Å². The van der Waals surface area contributed by atoms with E-state index in [2.05, 4.69) is 4.72 Å². The van der Waals surface area contributed by atoms with Crippen molar-refractivity contribution in [3.63, 3.8) is 0 Å². The molecule has 0 saturated carbocycles. The average molecular weight is 307 g/mol. The molecule has 1 rings (SSSR count). The molecule has 0 aromatic heterocycles. The summed E-state index contributed by atoms with van der Waals surface area (Å²) in [6.45, 7) is 6.23. The molecule has 0 radical (unpaired) electrons. The second kappa shape index (κ2) is 6.81. The zero-order valence-corrected chi connectivity index (χ0v) is 13.2. The van der Waals surface area contributed by atoms with Crippen LogP contribution in [0.4, 0.5) is 0 Å². The number of amidine groups is 1. The third kappa shape index (κ3) is 4.13. The number of nitrogens with one attached hydrogen (secondary N) is 2. The van der Waals surface area contributed by atoms with E-state index in [9.17, 15) is 8.42 Å². The van der Waals surface area contributed by atoms with Gasteiger partial charge in [-0.05, 0) is 13.8 Å². The molecule has 8 nitrogen and oxygen atoms in total. The van der Waals surface area contributed by atoms with Crippen molar-refractivity contribution in [2.75, 3.05) is 46.4 Å². The Hall–Kier alpha value is -0.740. The maximum Gasteiger partial charge on any atom is 0.279 e. The summed E-state index contributed by atoms with van der Waals surface area (Å²) in [6.07, 6.45) is 0. The number of hydrogen-bond donors (Lipinski definition) is 3. The number of methoxy groups -OCH3 is 1. The fourth-order valence-corrected chi connectivity index (χ4v) is 3.19. The molecule has 0 aromatic rings. The molecule has 9 heteroatoms. The Labute approximate surface area is 120 Å². The minimum atomic E-state index is -3.45. The predicted octanol–water partition coefficient (Wildman–Crippen LogP) is -1.20. The summed E-state index contributed by atoms with van der Waals surface area (Å²) < 4.78 is 32.8. The highest BCUT2D eigenvalue weighted by Gasteiger charge is 2.35. The van der Waals surface area contributed by atoms with E-state index in [0.29, 0.717) is 32.8 Å². The van der Waals surface area contributed by atoms with E-state index in [1.807, 2.05) is 18.7 Å². The third-order valence-corrected chi connectivity index (χ3v) is 5.23. The molecule has 0 aromatic carbocycles. The van der Waals surface area contributed by atoms with Gasteiger partial charge in [0, 0.05) is 39.8 Å². The average Bonchev–Trinajstić information content (AvgIpc) is 2.39. The number of ether oxygens (including phenoxy) is 1. The molecule has 0 unspecified atom stereocenters. The Bertz CT molecular complexity index is 429. The normalized spacial score (nSPS) is 19.1. The molecule has 1 fully saturated rings. The van der Waals surface area contributed by atoms with Crippen LogP contribution in [0.3, 0.4) is 0 Å². The number of piperazine rings is 1. The Kier molecular flexibility index (Phi) is 5.90. The van der Waals surface area contributed by atoms with Crippen LogP contribution in [0, 0.1) is 5.41 Å². The molecule has 0 spiro atoms. The summed E-state index contributed by atoms with van der Waals surface area (Å²) in [5, 5.41) is 7.60. The molecule has 1 heterocycles.